The Morgan fingerprint density at radius 1 is 1.15 bits per heavy atom. The average molecular weight is 279 g/mol. The van der Waals surface area contributed by atoms with E-state index in [1.807, 2.05) is 6.07 Å². The number of unbranched alkanes of at least 4 members (excludes halogenated alkanes) is 2. The van der Waals surface area contributed by atoms with Gasteiger partial charge in [0.2, 0.25) is 0 Å². The number of ether oxygens (including phenoxy) is 1. The summed E-state index contributed by atoms with van der Waals surface area (Å²) >= 11 is 0. The molecule has 0 bridgehead atoms. The fourth-order valence-corrected chi connectivity index (χ4v) is 2.27. The molecule has 0 aliphatic heterocycles. The van der Waals surface area contributed by atoms with Gasteiger partial charge in [-0.05, 0) is 44.7 Å². The third-order valence-electron chi connectivity index (χ3n) is 3.40. The molecule has 0 saturated carbocycles. The molecule has 3 nitrogen and oxygen atoms in total. The van der Waals surface area contributed by atoms with Crippen molar-refractivity contribution in [2.45, 2.75) is 52.0 Å². The molecule has 1 aromatic rings. The maximum Gasteiger partial charge on any atom is 0.124 e. The molecule has 1 atom stereocenters. The Morgan fingerprint density at radius 2 is 1.95 bits per heavy atom. The van der Waals surface area contributed by atoms with E-state index in [0.717, 1.165) is 51.0 Å². The maximum absolute atomic E-state index is 8.76. The van der Waals surface area contributed by atoms with Gasteiger partial charge in [0.1, 0.15) is 5.75 Å². The van der Waals surface area contributed by atoms with Gasteiger partial charge in [0.15, 0.2) is 0 Å². The summed E-state index contributed by atoms with van der Waals surface area (Å²) in [5.41, 5.74) is 1.26. The van der Waals surface area contributed by atoms with E-state index in [1.54, 1.807) is 0 Å². The van der Waals surface area contributed by atoms with Crippen molar-refractivity contribution >= 4 is 0 Å². The molecule has 0 amide bonds. The molecule has 0 aliphatic carbocycles. The van der Waals surface area contributed by atoms with Crippen molar-refractivity contribution in [2.24, 2.45) is 0 Å². The Kier molecular flexibility index (Phi) is 9.09. The zero-order valence-corrected chi connectivity index (χ0v) is 12.9. The van der Waals surface area contributed by atoms with Crippen LogP contribution in [-0.2, 0) is 0 Å². The predicted octanol–water partition coefficient (Wildman–Crippen LogP) is 3.68. The molecule has 1 rings (SSSR count). The monoisotopic (exact) mass is 279 g/mol. The minimum atomic E-state index is 0.273. The van der Waals surface area contributed by atoms with Gasteiger partial charge in [0.25, 0.3) is 0 Å². The van der Waals surface area contributed by atoms with E-state index in [9.17, 15) is 0 Å². The van der Waals surface area contributed by atoms with Gasteiger partial charge in [-0.1, -0.05) is 32.0 Å². The molecule has 114 valence electrons. The number of nitrogens with one attached hydrogen (secondary N) is 1. The number of aliphatic hydroxyl groups excluding tert-OH is 1. The van der Waals surface area contributed by atoms with Crippen LogP contribution >= 0.6 is 0 Å². The Hall–Kier alpha value is -1.06. The third-order valence-corrected chi connectivity index (χ3v) is 3.40. The van der Waals surface area contributed by atoms with Gasteiger partial charge in [-0.2, -0.15) is 0 Å². The molecule has 1 aromatic carbocycles. The number of benzene rings is 1. The van der Waals surface area contributed by atoms with E-state index >= 15 is 0 Å². The number of hydrogen-bond donors (Lipinski definition) is 2. The highest BCUT2D eigenvalue weighted by molar-refractivity contribution is 5.35. The van der Waals surface area contributed by atoms with Crippen LogP contribution in [0.15, 0.2) is 24.3 Å². The van der Waals surface area contributed by atoms with Crippen molar-refractivity contribution in [3.05, 3.63) is 29.8 Å². The smallest absolute Gasteiger partial charge is 0.124 e. The van der Waals surface area contributed by atoms with Crippen LogP contribution < -0.4 is 10.1 Å². The zero-order valence-electron chi connectivity index (χ0n) is 12.9. The normalized spacial score (nSPS) is 12.3. The number of para-hydroxylation sites is 1. The number of hydrogen-bond acceptors (Lipinski definition) is 3. The first-order valence-electron chi connectivity index (χ1n) is 7.89. The molecular formula is C17H29NO2. The Balaban J connectivity index is 2.57. The summed E-state index contributed by atoms with van der Waals surface area (Å²) in [5, 5.41) is 12.3. The minimum Gasteiger partial charge on any atom is -0.493 e. The second kappa shape index (κ2) is 10.7. The van der Waals surface area contributed by atoms with Gasteiger partial charge in [0.05, 0.1) is 6.61 Å². The lowest BCUT2D eigenvalue weighted by Gasteiger charge is -2.20. The Bertz CT molecular complexity index is 355. The highest BCUT2D eigenvalue weighted by atomic mass is 16.5. The van der Waals surface area contributed by atoms with Gasteiger partial charge in [0, 0.05) is 18.2 Å². The number of aliphatic hydroxyl groups is 1. The van der Waals surface area contributed by atoms with Crippen LogP contribution in [0.5, 0.6) is 5.75 Å². The minimum absolute atomic E-state index is 0.273. The molecule has 0 fully saturated rings. The summed E-state index contributed by atoms with van der Waals surface area (Å²) in [7, 11) is 0. The van der Waals surface area contributed by atoms with Crippen molar-refractivity contribution in [1.29, 1.82) is 0 Å². The maximum atomic E-state index is 8.76. The van der Waals surface area contributed by atoms with Gasteiger partial charge >= 0.3 is 0 Å². The molecule has 0 aromatic heterocycles. The fraction of sp³-hybridized carbons (Fsp3) is 0.647. The van der Waals surface area contributed by atoms with Crippen LogP contribution in [0.3, 0.4) is 0 Å². The van der Waals surface area contributed by atoms with Gasteiger partial charge in [-0.3, -0.25) is 0 Å². The molecule has 3 heteroatoms. The van der Waals surface area contributed by atoms with Crippen LogP contribution in [0.25, 0.3) is 0 Å². The standard InChI is InChI=1S/C17H29NO2/c1-3-12-18-16(4-2)15-10-6-7-11-17(15)20-14-9-5-8-13-19/h6-7,10-11,16,18-19H,3-5,8-9,12-14H2,1-2H3. The second-order valence-electron chi connectivity index (χ2n) is 5.09. The SMILES string of the molecule is CCCNC(CC)c1ccccc1OCCCCCO. The van der Waals surface area contributed by atoms with Crippen LogP contribution in [-0.4, -0.2) is 24.9 Å². The Morgan fingerprint density at radius 3 is 2.65 bits per heavy atom. The van der Waals surface area contributed by atoms with E-state index in [0.29, 0.717) is 6.04 Å². The van der Waals surface area contributed by atoms with Crippen LogP contribution in [0.1, 0.15) is 57.6 Å². The van der Waals surface area contributed by atoms with Crippen molar-refractivity contribution < 1.29 is 9.84 Å². The lowest BCUT2D eigenvalue weighted by molar-refractivity contribution is 0.264. The third kappa shape index (κ3) is 5.93. The second-order valence-corrected chi connectivity index (χ2v) is 5.09. The topological polar surface area (TPSA) is 41.5 Å². The summed E-state index contributed by atoms with van der Waals surface area (Å²) in [6.45, 7) is 6.41. The molecule has 2 N–H and O–H groups in total. The average Bonchev–Trinajstić information content (AvgIpc) is 2.49. The summed E-state index contributed by atoms with van der Waals surface area (Å²) in [6.07, 6.45) is 5.07. The number of rotatable bonds is 11. The van der Waals surface area contributed by atoms with Crippen molar-refractivity contribution in [3.63, 3.8) is 0 Å². The first kappa shape index (κ1) is 17.0. The summed E-state index contributed by atoms with van der Waals surface area (Å²) in [4.78, 5) is 0. The van der Waals surface area contributed by atoms with Gasteiger partial charge in [-0.25, -0.2) is 0 Å². The largest absolute Gasteiger partial charge is 0.493 e. The summed E-state index contributed by atoms with van der Waals surface area (Å²) < 4.78 is 5.92. The van der Waals surface area contributed by atoms with E-state index < -0.39 is 0 Å². The highest BCUT2D eigenvalue weighted by Crippen LogP contribution is 2.27. The van der Waals surface area contributed by atoms with E-state index in [4.69, 9.17) is 9.84 Å². The summed E-state index contributed by atoms with van der Waals surface area (Å²) in [5.74, 6) is 0.993. The quantitative estimate of drug-likeness (QED) is 0.607. The first-order valence-corrected chi connectivity index (χ1v) is 7.89. The molecule has 0 saturated heterocycles. The molecule has 0 spiro atoms. The molecular weight excluding hydrogens is 250 g/mol. The van der Waals surface area contributed by atoms with Crippen molar-refractivity contribution in [1.82, 2.24) is 5.32 Å². The van der Waals surface area contributed by atoms with Crippen molar-refractivity contribution in [2.75, 3.05) is 19.8 Å². The fourth-order valence-electron chi connectivity index (χ4n) is 2.27. The van der Waals surface area contributed by atoms with Gasteiger partial charge < -0.3 is 15.2 Å². The highest BCUT2D eigenvalue weighted by Gasteiger charge is 2.13. The van der Waals surface area contributed by atoms with Gasteiger partial charge in [-0.15, -0.1) is 0 Å². The predicted molar refractivity (Wildman–Crippen MR) is 84.2 cm³/mol. The van der Waals surface area contributed by atoms with E-state index in [1.165, 1.54) is 5.56 Å². The summed E-state index contributed by atoms with van der Waals surface area (Å²) in [6, 6.07) is 8.67. The van der Waals surface area contributed by atoms with Crippen molar-refractivity contribution in [3.8, 4) is 5.75 Å². The first-order chi connectivity index (χ1) is 9.83. The van der Waals surface area contributed by atoms with E-state index in [2.05, 4.69) is 37.4 Å². The Labute approximate surface area is 123 Å². The van der Waals surface area contributed by atoms with Crippen LogP contribution in [0.2, 0.25) is 0 Å². The molecule has 0 heterocycles. The zero-order chi connectivity index (χ0) is 14.6. The van der Waals surface area contributed by atoms with Crippen LogP contribution in [0.4, 0.5) is 0 Å². The molecule has 0 radical (unpaired) electrons. The molecule has 0 aliphatic rings. The lowest BCUT2D eigenvalue weighted by atomic mass is 10.0. The van der Waals surface area contributed by atoms with Crippen LogP contribution in [0, 0.1) is 0 Å². The molecule has 1 unspecified atom stereocenters. The van der Waals surface area contributed by atoms with E-state index in [-0.39, 0.29) is 6.61 Å². The molecule has 20 heavy (non-hydrogen) atoms. The lowest BCUT2D eigenvalue weighted by Crippen LogP contribution is -2.22.